The van der Waals surface area contributed by atoms with Crippen LogP contribution in [0.4, 0.5) is 14.5 Å². The van der Waals surface area contributed by atoms with Crippen molar-refractivity contribution in [1.29, 1.82) is 0 Å². The minimum Gasteiger partial charge on any atom is -0.469 e. The average molecular weight is 294 g/mol. The van der Waals surface area contributed by atoms with Crippen LogP contribution >= 0.6 is 11.6 Å². The largest absolute Gasteiger partial charge is 0.469 e. The van der Waals surface area contributed by atoms with E-state index in [1.54, 1.807) is 0 Å². The van der Waals surface area contributed by atoms with Crippen molar-refractivity contribution in [2.24, 2.45) is 0 Å². The molecule has 1 atom stereocenters. The number of hydrogen-bond donors (Lipinski definition) is 2. The lowest BCUT2D eigenvalue weighted by Gasteiger charge is -2.12. The van der Waals surface area contributed by atoms with Gasteiger partial charge in [-0.2, -0.15) is 0 Å². The summed E-state index contributed by atoms with van der Waals surface area (Å²) in [4.78, 5) is 11.0. The maximum atomic E-state index is 13.7. The van der Waals surface area contributed by atoms with Gasteiger partial charge in [-0.15, -0.1) is 11.6 Å². The number of aliphatic hydroxyl groups excluding tert-OH is 1. The standard InChI is InChI=1S/C12H14ClF2NO3/c1-19-10(18)4-7-2-3-9(12(15)11(7)14)16-6-8(17)5-13/h2-3,8,16-17H,4-6H2,1H3. The van der Waals surface area contributed by atoms with Gasteiger partial charge in [0.2, 0.25) is 0 Å². The van der Waals surface area contributed by atoms with Gasteiger partial charge in [0.25, 0.3) is 0 Å². The maximum absolute atomic E-state index is 13.7. The molecule has 1 aromatic rings. The van der Waals surface area contributed by atoms with Crippen LogP contribution in [0.5, 0.6) is 0 Å². The van der Waals surface area contributed by atoms with Crippen molar-refractivity contribution < 1.29 is 23.4 Å². The summed E-state index contributed by atoms with van der Waals surface area (Å²) in [5, 5.41) is 11.7. The molecular weight excluding hydrogens is 280 g/mol. The zero-order valence-electron chi connectivity index (χ0n) is 10.3. The van der Waals surface area contributed by atoms with E-state index in [0.29, 0.717) is 0 Å². The molecule has 0 fully saturated rings. The number of nitrogens with one attached hydrogen (secondary N) is 1. The van der Waals surface area contributed by atoms with E-state index in [0.717, 1.165) is 0 Å². The van der Waals surface area contributed by atoms with Crippen LogP contribution in [0.3, 0.4) is 0 Å². The number of ether oxygens (including phenoxy) is 1. The third-order valence-corrected chi connectivity index (χ3v) is 2.79. The molecule has 0 amide bonds. The highest BCUT2D eigenvalue weighted by molar-refractivity contribution is 6.18. The Morgan fingerprint density at radius 1 is 1.47 bits per heavy atom. The Kier molecular flexibility index (Phi) is 5.98. The van der Waals surface area contributed by atoms with E-state index in [9.17, 15) is 18.7 Å². The number of rotatable bonds is 6. The molecule has 106 valence electrons. The van der Waals surface area contributed by atoms with Gasteiger partial charge in [0, 0.05) is 12.1 Å². The third-order valence-electron chi connectivity index (χ3n) is 2.43. The second-order valence-corrected chi connectivity index (χ2v) is 4.15. The summed E-state index contributed by atoms with van der Waals surface area (Å²) in [6, 6.07) is 2.57. The summed E-state index contributed by atoms with van der Waals surface area (Å²) in [6.07, 6.45) is -1.21. The molecular formula is C12H14ClF2NO3. The zero-order chi connectivity index (χ0) is 14.4. The number of halogens is 3. The van der Waals surface area contributed by atoms with Crippen LogP contribution in [0.1, 0.15) is 5.56 Å². The highest BCUT2D eigenvalue weighted by Crippen LogP contribution is 2.21. The van der Waals surface area contributed by atoms with Crippen molar-refractivity contribution in [2.75, 3.05) is 24.9 Å². The second-order valence-electron chi connectivity index (χ2n) is 3.84. The second kappa shape index (κ2) is 7.25. The number of benzene rings is 1. The van der Waals surface area contributed by atoms with Gasteiger partial charge in [0.1, 0.15) is 0 Å². The predicted molar refractivity (Wildman–Crippen MR) is 67.3 cm³/mol. The molecule has 0 aromatic heterocycles. The quantitative estimate of drug-likeness (QED) is 0.619. The van der Waals surface area contributed by atoms with E-state index >= 15 is 0 Å². The first kappa shape index (κ1) is 15.7. The lowest BCUT2D eigenvalue weighted by atomic mass is 10.1. The summed E-state index contributed by atoms with van der Waals surface area (Å²) >= 11 is 5.38. The van der Waals surface area contributed by atoms with Crippen LogP contribution in [0.2, 0.25) is 0 Å². The van der Waals surface area contributed by atoms with Crippen molar-refractivity contribution in [2.45, 2.75) is 12.5 Å². The molecule has 19 heavy (non-hydrogen) atoms. The highest BCUT2D eigenvalue weighted by atomic mass is 35.5. The first-order valence-corrected chi connectivity index (χ1v) is 6.04. The summed E-state index contributed by atoms with van der Waals surface area (Å²) < 4.78 is 31.7. The fraction of sp³-hybridized carbons (Fsp3) is 0.417. The Hall–Kier alpha value is -1.40. The molecule has 2 N–H and O–H groups in total. The van der Waals surface area contributed by atoms with E-state index in [4.69, 9.17) is 11.6 Å². The van der Waals surface area contributed by atoms with Gasteiger partial charge in [0.05, 0.1) is 31.2 Å². The van der Waals surface area contributed by atoms with Crippen LogP contribution in [0.15, 0.2) is 12.1 Å². The SMILES string of the molecule is COC(=O)Cc1ccc(NCC(O)CCl)c(F)c1F. The Balaban J connectivity index is 2.82. The van der Waals surface area contributed by atoms with Gasteiger partial charge in [-0.25, -0.2) is 8.78 Å². The Labute approximate surface area is 114 Å². The highest BCUT2D eigenvalue weighted by Gasteiger charge is 2.16. The molecule has 0 saturated carbocycles. The molecule has 0 bridgehead atoms. The minimum absolute atomic E-state index is 0.00376. The van der Waals surface area contributed by atoms with Gasteiger partial charge in [-0.1, -0.05) is 6.07 Å². The first-order chi connectivity index (χ1) is 8.99. The molecule has 4 nitrogen and oxygen atoms in total. The lowest BCUT2D eigenvalue weighted by molar-refractivity contribution is -0.139. The molecule has 1 unspecified atom stereocenters. The van der Waals surface area contributed by atoms with Crippen LogP contribution in [-0.4, -0.2) is 36.7 Å². The molecule has 0 aliphatic rings. The summed E-state index contributed by atoms with van der Waals surface area (Å²) in [6.45, 7) is -0.00376. The van der Waals surface area contributed by atoms with E-state index in [2.05, 4.69) is 10.1 Å². The fourth-order valence-corrected chi connectivity index (χ4v) is 1.48. The van der Waals surface area contributed by atoms with Crippen molar-refractivity contribution >= 4 is 23.3 Å². The van der Waals surface area contributed by atoms with Crippen LogP contribution in [-0.2, 0) is 16.0 Å². The van der Waals surface area contributed by atoms with Gasteiger partial charge < -0.3 is 15.2 Å². The lowest BCUT2D eigenvalue weighted by Crippen LogP contribution is -2.21. The number of anilines is 1. The smallest absolute Gasteiger partial charge is 0.310 e. The van der Waals surface area contributed by atoms with E-state index < -0.39 is 23.7 Å². The van der Waals surface area contributed by atoms with Gasteiger partial charge in [0.15, 0.2) is 11.6 Å². The fourth-order valence-electron chi connectivity index (χ4n) is 1.37. The maximum Gasteiger partial charge on any atom is 0.310 e. The Bertz CT molecular complexity index is 457. The molecule has 0 spiro atoms. The summed E-state index contributed by atoms with van der Waals surface area (Å²) in [5.41, 5.74) is -0.192. The number of alkyl halides is 1. The molecule has 0 radical (unpaired) electrons. The van der Waals surface area contributed by atoms with Crippen molar-refractivity contribution in [3.05, 3.63) is 29.3 Å². The molecule has 0 aliphatic carbocycles. The normalized spacial score (nSPS) is 12.1. The van der Waals surface area contributed by atoms with E-state index in [1.807, 2.05) is 0 Å². The number of aliphatic hydroxyl groups is 1. The molecule has 0 aliphatic heterocycles. The first-order valence-electron chi connectivity index (χ1n) is 5.51. The summed E-state index contributed by atoms with van der Waals surface area (Å²) in [7, 11) is 1.17. The minimum atomic E-state index is -1.12. The van der Waals surface area contributed by atoms with E-state index in [1.165, 1.54) is 19.2 Å². The average Bonchev–Trinajstić information content (AvgIpc) is 2.42. The predicted octanol–water partition coefficient (Wildman–Crippen LogP) is 1.69. The summed E-state index contributed by atoms with van der Waals surface area (Å²) in [5.74, 6) is -2.90. The number of methoxy groups -OCH3 is 1. The number of esters is 1. The molecule has 0 saturated heterocycles. The molecule has 1 aromatic carbocycles. The Morgan fingerprint density at radius 2 is 2.16 bits per heavy atom. The molecule has 1 rings (SSSR count). The zero-order valence-corrected chi connectivity index (χ0v) is 11.0. The van der Waals surface area contributed by atoms with Gasteiger partial charge >= 0.3 is 5.97 Å². The monoisotopic (exact) mass is 293 g/mol. The number of hydrogen-bond acceptors (Lipinski definition) is 4. The van der Waals surface area contributed by atoms with Crippen molar-refractivity contribution in [1.82, 2.24) is 0 Å². The Morgan fingerprint density at radius 3 is 2.74 bits per heavy atom. The van der Waals surface area contributed by atoms with Crippen LogP contribution < -0.4 is 5.32 Å². The van der Waals surface area contributed by atoms with Crippen LogP contribution in [0.25, 0.3) is 0 Å². The topological polar surface area (TPSA) is 58.6 Å². The number of carbonyl (C=O) groups excluding carboxylic acids is 1. The van der Waals surface area contributed by atoms with Crippen molar-refractivity contribution in [3.63, 3.8) is 0 Å². The van der Waals surface area contributed by atoms with Crippen LogP contribution in [0, 0.1) is 11.6 Å². The van der Waals surface area contributed by atoms with Crippen molar-refractivity contribution in [3.8, 4) is 0 Å². The number of carbonyl (C=O) groups is 1. The third kappa shape index (κ3) is 4.33. The van der Waals surface area contributed by atoms with E-state index in [-0.39, 0.29) is 30.1 Å². The molecule has 0 heterocycles. The molecule has 7 heteroatoms. The van der Waals surface area contributed by atoms with Gasteiger partial charge in [-0.3, -0.25) is 4.79 Å². The van der Waals surface area contributed by atoms with Gasteiger partial charge in [-0.05, 0) is 6.07 Å².